The van der Waals surface area contributed by atoms with Crippen LogP contribution in [0.25, 0.3) is 0 Å². The van der Waals surface area contributed by atoms with Gasteiger partial charge in [-0.15, -0.1) is 11.8 Å². The summed E-state index contributed by atoms with van der Waals surface area (Å²) in [6, 6.07) is 23.2. The molecule has 4 nitrogen and oxygen atoms in total. The molecular weight excluding hydrogens is 419 g/mol. The van der Waals surface area contributed by atoms with Gasteiger partial charge in [-0.05, 0) is 36.8 Å². The first-order chi connectivity index (χ1) is 14.4. The fourth-order valence-corrected chi connectivity index (χ4v) is 5.27. The number of benzene rings is 3. The molecule has 3 rings (SSSR count). The van der Waals surface area contributed by atoms with E-state index in [0.29, 0.717) is 5.75 Å². The molecule has 0 saturated heterocycles. The third-order valence-corrected chi connectivity index (χ3v) is 7.15. The number of rotatable bonds is 7. The van der Waals surface area contributed by atoms with E-state index in [1.165, 1.54) is 30.3 Å². The average molecular weight is 439 g/mol. The zero-order chi connectivity index (χ0) is 21.6. The van der Waals surface area contributed by atoms with E-state index in [1.54, 1.807) is 24.3 Å². The number of thioether (sulfide) groups is 1. The molecule has 1 N–H and O–H groups in total. The fraction of sp³-hybridized carbons (Fsp3) is 0.0870. The Hall–Kier alpha value is -3.08. The number of nitrogens with one attached hydrogen (secondary N) is 1. The number of aryl methyl sites for hydroxylation is 1. The second-order valence-electron chi connectivity index (χ2n) is 6.47. The molecule has 0 unspecified atom stereocenters. The molecule has 0 atom stereocenters. The molecule has 0 fully saturated rings. The number of anilines is 1. The minimum absolute atomic E-state index is 0.00513. The van der Waals surface area contributed by atoms with Crippen molar-refractivity contribution in [2.75, 3.05) is 5.32 Å². The van der Waals surface area contributed by atoms with Crippen LogP contribution in [0, 0.1) is 24.1 Å². The van der Waals surface area contributed by atoms with E-state index in [9.17, 15) is 18.1 Å². The molecule has 3 aromatic carbocycles. The number of hydrogen-bond acceptors (Lipinski definition) is 5. The van der Waals surface area contributed by atoms with E-state index in [-0.39, 0.29) is 15.6 Å². The molecule has 0 aliphatic carbocycles. The quantitative estimate of drug-likeness (QED) is 0.483. The molecule has 0 spiro atoms. The van der Waals surface area contributed by atoms with Crippen LogP contribution in [0.3, 0.4) is 0 Å². The van der Waals surface area contributed by atoms with Crippen molar-refractivity contribution in [1.29, 1.82) is 5.26 Å². The molecular formula is C23H19FN2O2S2. The minimum atomic E-state index is -4.08. The van der Waals surface area contributed by atoms with Crippen molar-refractivity contribution in [2.45, 2.75) is 17.6 Å². The highest BCUT2D eigenvalue weighted by atomic mass is 32.2. The fourth-order valence-electron chi connectivity index (χ4n) is 2.75. The van der Waals surface area contributed by atoms with Gasteiger partial charge in [-0.1, -0.05) is 60.2 Å². The summed E-state index contributed by atoms with van der Waals surface area (Å²) in [4.78, 5) is -0.444. The lowest BCUT2D eigenvalue weighted by atomic mass is 10.2. The molecule has 0 bridgehead atoms. The van der Waals surface area contributed by atoms with E-state index in [4.69, 9.17) is 0 Å². The topological polar surface area (TPSA) is 70.0 Å². The molecule has 30 heavy (non-hydrogen) atoms. The normalized spacial score (nSPS) is 12.0. The summed E-state index contributed by atoms with van der Waals surface area (Å²) in [6.07, 6.45) is 0. The first-order valence-corrected chi connectivity index (χ1v) is 11.5. The summed E-state index contributed by atoms with van der Waals surface area (Å²) in [7, 11) is -4.08. The summed E-state index contributed by atoms with van der Waals surface area (Å²) >= 11 is 1.14. The number of allylic oxidation sites excluding steroid dienone is 1. The maximum Gasteiger partial charge on any atom is 0.219 e. The largest absolute Gasteiger partial charge is 0.346 e. The summed E-state index contributed by atoms with van der Waals surface area (Å²) in [6.45, 7) is 1.96. The molecule has 0 amide bonds. The van der Waals surface area contributed by atoms with Crippen LogP contribution in [0.4, 0.5) is 10.1 Å². The maximum atomic E-state index is 14.2. The van der Waals surface area contributed by atoms with Crippen molar-refractivity contribution < 1.29 is 12.8 Å². The van der Waals surface area contributed by atoms with Crippen LogP contribution in [0.15, 0.2) is 93.7 Å². The highest BCUT2D eigenvalue weighted by Gasteiger charge is 2.26. The van der Waals surface area contributed by atoms with E-state index in [1.807, 2.05) is 37.3 Å². The Kier molecular flexibility index (Phi) is 6.93. The highest BCUT2D eigenvalue weighted by Crippen LogP contribution is 2.32. The van der Waals surface area contributed by atoms with Crippen LogP contribution in [0.1, 0.15) is 11.1 Å². The van der Waals surface area contributed by atoms with Crippen LogP contribution < -0.4 is 5.32 Å². The number of nitrogens with zero attached hydrogens (tertiary/aromatic N) is 1. The van der Waals surface area contributed by atoms with E-state index >= 15 is 0 Å². The number of sulfone groups is 1. The van der Waals surface area contributed by atoms with Crippen LogP contribution in [-0.4, -0.2) is 8.42 Å². The molecule has 0 aromatic heterocycles. The molecule has 0 saturated carbocycles. The number of nitriles is 1. The van der Waals surface area contributed by atoms with Gasteiger partial charge in [0.15, 0.2) is 4.91 Å². The average Bonchev–Trinajstić information content (AvgIpc) is 2.74. The monoisotopic (exact) mass is 438 g/mol. The van der Waals surface area contributed by atoms with Gasteiger partial charge in [0, 0.05) is 5.75 Å². The standard InChI is InChI=1S/C23H19FN2O2S2/c1-17-8-7-9-18(14-17)16-29-23(26-21-13-6-5-12-20(21)24)22(15-25)30(27,28)19-10-3-2-4-11-19/h2-14,26H,16H2,1H3. The van der Waals surface area contributed by atoms with Crippen molar-refractivity contribution in [3.8, 4) is 6.07 Å². The van der Waals surface area contributed by atoms with E-state index < -0.39 is 20.6 Å². The first kappa shape index (κ1) is 21.6. The second kappa shape index (κ2) is 9.61. The smallest absolute Gasteiger partial charge is 0.219 e. The third-order valence-electron chi connectivity index (χ3n) is 4.22. The van der Waals surface area contributed by atoms with E-state index in [2.05, 4.69) is 5.32 Å². The number of halogens is 1. The zero-order valence-corrected chi connectivity index (χ0v) is 17.8. The number of hydrogen-bond donors (Lipinski definition) is 1. The van der Waals surface area contributed by atoms with Crippen LogP contribution >= 0.6 is 11.8 Å². The van der Waals surface area contributed by atoms with Gasteiger partial charge in [-0.3, -0.25) is 0 Å². The van der Waals surface area contributed by atoms with Gasteiger partial charge in [0.05, 0.1) is 10.6 Å². The van der Waals surface area contributed by atoms with Gasteiger partial charge in [0.2, 0.25) is 9.84 Å². The molecule has 152 valence electrons. The minimum Gasteiger partial charge on any atom is -0.346 e. The van der Waals surface area contributed by atoms with Crippen molar-refractivity contribution >= 4 is 27.3 Å². The Morgan fingerprint density at radius 1 is 1.03 bits per heavy atom. The molecule has 3 aromatic rings. The highest BCUT2D eigenvalue weighted by molar-refractivity contribution is 8.04. The lowest BCUT2D eigenvalue weighted by Crippen LogP contribution is -2.11. The second-order valence-corrected chi connectivity index (χ2v) is 9.34. The predicted molar refractivity (Wildman–Crippen MR) is 119 cm³/mol. The van der Waals surface area contributed by atoms with Gasteiger partial charge >= 0.3 is 0 Å². The summed E-state index contributed by atoms with van der Waals surface area (Å²) in [5.74, 6) is -0.130. The Balaban J connectivity index is 2.06. The van der Waals surface area contributed by atoms with Crippen molar-refractivity contribution in [2.24, 2.45) is 0 Å². The number of para-hydroxylation sites is 1. The third kappa shape index (κ3) is 5.09. The summed E-state index contributed by atoms with van der Waals surface area (Å²) < 4.78 is 40.5. The lowest BCUT2D eigenvalue weighted by molar-refractivity contribution is 0.603. The zero-order valence-electron chi connectivity index (χ0n) is 16.2. The Morgan fingerprint density at radius 2 is 1.73 bits per heavy atom. The Labute approximate surface area is 180 Å². The Bertz CT molecular complexity index is 1220. The molecule has 0 aliphatic rings. The van der Waals surface area contributed by atoms with Gasteiger partial charge in [-0.2, -0.15) is 5.26 Å². The predicted octanol–water partition coefficient (Wildman–Crippen LogP) is 5.65. The van der Waals surface area contributed by atoms with E-state index in [0.717, 1.165) is 22.9 Å². The SMILES string of the molecule is Cc1cccc(CSC(Nc2ccccc2F)=C(C#N)S(=O)(=O)c2ccccc2)c1. The van der Waals surface area contributed by atoms with Gasteiger partial charge < -0.3 is 5.32 Å². The van der Waals surface area contributed by atoms with Crippen LogP contribution in [0.2, 0.25) is 0 Å². The maximum absolute atomic E-state index is 14.2. The first-order valence-electron chi connectivity index (χ1n) is 9.06. The van der Waals surface area contributed by atoms with Gasteiger partial charge in [0.25, 0.3) is 0 Å². The summed E-state index contributed by atoms with van der Waals surface area (Å²) in [5.41, 5.74) is 2.13. The lowest BCUT2D eigenvalue weighted by Gasteiger charge is -2.14. The van der Waals surface area contributed by atoms with Crippen molar-refractivity contribution in [3.63, 3.8) is 0 Å². The van der Waals surface area contributed by atoms with Gasteiger partial charge in [0.1, 0.15) is 16.9 Å². The molecule has 0 aliphatic heterocycles. The molecule has 0 radical (unpaired) electrons. The summed E-state index contributed by atoms with van der Waals surface area (Å²) in [5, 5.41) is 12.6. The van der Waals surface area contributed by atoms with Crippen molar-refractivity contribution in [3.05, 3.63) is 106 Å². The van der Waals surface area contributed by atoms with Crippen LogP contribution in [-0.2, 0) is 15.6 Å². The van der Waals surface area contributed by atoms with Crippen LogP contribution in [0.5, 0.6) is 0 Å². The molecule has 0 heterocycles. The Morgan fingerprint density at radius 3 is 2.40 bits per heavy atom. The molecule has 7 heteroatoms. The van der Waals surface area contributed by atoms with Gasteiger partial charge in [-0.25, -0.2) is 12.8 Å². The van der Waals surface area contributed by atoms with Crippen molar-refractivity contribution in [1.82, 2.24) is 0 Å².